The normalized spacial score (nSPS) is 20.9. The molecule has 0 fully saturated rings. The van der Waals surface area contributed by atoms with Crippen molar-refractivity contribution in [2.75, 3.05) is 0 Å². The summed E-state index contributed by atoms with van der Waals surface area (Å²) in [4.78, 5) is 0. The number of hydrogen-bond acceptors (Lipinski definition) is 1. The summed E-state index contributed by atoms with van der Waals surface area (Å²) in [5.41, 5.74) is 9.93. The van der Waals surface area contributed by atoms with Crippen molar-refractivity contribution in [1.29, 1.82) is 0 Å². The van der Waals surface area contributed by atoms with E-state index in [2.05, 4.69) is 24.3 Å². The quantitative estimate of drug-likeness (QED) is 0.894. The van der Waals surface area contributed by atoms with Gasteiger partial charge < -0.3 is 5.73 Å². The molecule has 1 aliphatic rings. The second kappa shape index (κ2) is 6.38. The first-order valence-corrected chi connectivity index (χ1v) is 6.82. The van der Waals surface area contributed by atoms with Gasteiger partial charge in [-0.25, -0.2) is 4.39 Å². The highest BCUT2D eigenvalue weighted by molar-refractivity contribution is 5.85. The van der Waals surface area contributed by atoms with Gasteiger partial charge in [-0.3, -0.25) is 0 Å². The van der Waals surface area contributed by atoms with Crippen molar-refractivity contribution in [1.82, 2.24) is 0 Å². The largest absolute Gasteiger partial charge is 0.327 e. The number of aryl methyl sites for hydroxylation is 1. The molecule has 0 saturated heterocycles. The second-order valence-corrected chi connectivity index (χ2v) is 5.34. The van der Waals surface area contributed by atoms with Crippen molar-refractivity contribution < 1.29 is 4.39 Å². The van der Waals surface area contributed by atoms with Crippen LogP contribution in [0, 0.1) is 5.82 Å². The van der Waals surface area contributed by atoms with Crippen LogP contribution in [0.3, 0.4) is 0 Å². The Labute approximate surface area is 125 Å². The highest BCUT2D eigenvalue weighted by Gasteiger charge is 2.27. The summed E-state index contributed by atoms with van der Waals surface area (Å²) < 4.78 is 13.3. The van der Waals surface area contributed by atoms with E-state index in [-0.39, 0.29) is 24.3 Å². The fourth-order valence-electron chi connectivity index (χ4n) is 3.04. The van der Waals surface area contributed by atoms with Crippen molar-refractivity contribution in [3.05, 3.63) is 71.0 Å². The average molecular weight is 292 g/mol. The number of rotatable bonds is 2. The lowest BCUT2D eigenvalue weighted by molar-refractivity contribution is 0.465. The Balaban J connectivity index is 0.00000147. The molecule has 1 aliphatic carbocycles. The van der Waals surface area contributed by atoms with Crippen LogP contribution in [0.2, 0.25) is 0 Å². The van der Waals surface area contributed by atoms with Gasteiger partial charge in [0.25, 0.3) is 0 Å². The topological polar surface area (TPSA) is 26.0 Å². The van der Waals surface area contributed by atoms with Crippen LogP contribution >= 0.6 is 12.4 Å². The number of nitrogens with two attached hydrogens (primary N) is 1. The summed E-state index contributed by atoms with van der Waals surface area (Å²) in [6, 6.07) is 15.7. The summed E-state index contributed by atoms with van der Waals surface area (Å²) in [5.74, 6) is 0.152. The van der Waals surface area contributed by atoms with Gasteiger partial charge in [-0.1, -0.05) is 36.4 Å². The summed E-state index contributed by atoms with van der Waals surface area (Å²) >= 11 is 0. The molecule has 0 aliphatic heterocycles. The first-order chi connectivity index (χ1) is 9.24. The van der Waals surface area contributed by atoms with Gasteiger partial charge in [-0.2, -0.15) is 0 Å². The molecule has 0 saturated carbocycles. The van der Waals surface area contributed by atoms with E-state index in [4.69, 9.17) is 5.73 Å². The first kappa shape index (κ1) is 15.0. The Kier molecular flexibility index (Phi) is 4.79. The molecule has 0 radical (unpaired) electrons. The van der Waals surface area contributed by atoms with Crippen molar-refractivity contribution in [2.24, 2.45) is 5.73 Å². The molecule has 3 heteroatoms. The molecule has 106 valence electrons. The Hall–Kier alpha value is -1.38. The van der Waals surface area contributed by atoms with Gasteiger partial charge in [0, 0.05) is 12.0 Å². The lowest BCUT2D eigenvalue weighted by Gasteiger charge is -2.31. The SMILES string of the molecule is Cl.N[C@@H]1CCc2cc(F)ccc2[C@@H]1Cc1ccccc1. The molecular formula is C17H19ClFN. The molecule has 20 heavy (non-hydrogen) atoms. The maximum atomic E-state index is 13.3. The van der Waals surface area contributed by atoms with Gasteiger partial charge in [0.05, 0.1) is 0 Å². The molecule has 0 heterocycles. The molecule has 0 spiro atoms. The minimum absolute atomic E-state index is 0. The van der Waals surface area contributed by atoms with Crippen LogP contribution in [0.1, 0.15) is 29.0 Å². The molecule has 2 N–H and O–H groups in total. The summed E-state index contributed by atoms with van der Waals surface area (Å²) in [7, 11) is 0. The van der Waals surface area contributed by atoms with Crippen molar-refractivity contribution >= 4 is 12.4 Å². The van der Waals surface area contributed by atoms with Crippen LogP contribution in [0.15, 0.2) is 48.5 Å². The van der Waals surface area contributed by atoms with Gasteiger partial charge >= 0.3 is 0 Å². The monoisotopic (exact) mass is 291 g/mol. The van der Waals surface area contributed by atoms with E-state index < -0.39 is 0 Å². The van der Waals surface area contributed by atoms with Crippen LogP contribution in [0.5, 0.6) is 0 Å². The molecule has 3 rings (SSSR count). The Morgan fingerprint density at radius 3 is 2.60 bits per heavy atom. The molecule has 0 bridgehead atoms. The number of hydrogen-bond donors (Lipinski definition) is 1. The van der Waals surface area contributed by atoms with Crippen molar-refractivity contribution in [3.8, 4) is 0 Å². The zero-order chi connectivity index (χ0) is 13.2. The van der Waals surface area contributed by atoms with Gasteiger partial charge in [-0.15, -0.1) is 12.4 Å². The van der Waals surface area contributed by atoms with Crippen molar-refractivity contribution in [2.45, 2.75) is 31.2 Å². The zero-order valence-electron chi connectivity index (χ0n) is 11.3. The van der Waals surface area contributed by atoms with Crippen LogP contribution in [-0.4, -0.2) is 6.04 Å². The fraction of sp³-hybridized carbons (Fsp3) is 0.294. The number of fused-ring (bicyclic) bond motifs is 1. The Morgan fingerprint density at radius 2 is 1.85 bits per heavy atom. The summed E-state index contributed by atoms with van der Waals surface area (Å²) in [5, 5.41) is 0. The van der Waals surface area contributed by atoms with E-state index in [0.29, 0.717) is 5.92 Å². The van der Waals surface area contributed by atoms with Crippen LogP contribution in [0.4, 0.5) is 4.39 Å². The highest BCUT2D eigenvalue weighted by Crippen LogP contribution is 2.33. The molecule has 1 nitrogen and oxygen atoms in total. The predicted octanol–water partition coefficient (Wildman–Crippen LogP) is 3.85. The lowest BCUT2D eigenvalue weighted by atomic mass is 9.76. The summed E-state index contributed by atoms with van der Waals surface area (Å²) in [6.45, 7) is 0. The fourth-order valence-corrected chi connectivity index (χ4v) is 3.04. The minimum atomic E-state index is -0.146. The van der Waals surface area contributed by atoms with Gasteiger partial charge in [0.1, 0.15) is 5.82 Å². The van der Waals surface area contributed by atoms with E-state index in [1.54, 1.807) is 12.1 Å². The minimum Gasteiger partial charge on any atom is -0.327 e. The van der Waals surface area contributed by atoms with E-state index >= 15 is 0 Å². The molecule has 0 aromatic heterocycles. The first-order valence-electron chi connectivity index (χ1n) is 6.82. The third kappa shape index (κ3) is 3.02. The number of benzene rings is 2. The van der Waals surface area contributed by atoms with E-state index in [9.17, 15) is 4.39 Å². The Morgan fingerprint density at radius 1 is 1.10 bits per heavy atom. The number of halogens is 2. The smallest absolute Gasteiger partial charge is 0.123 e. The molecular weight excluding hydrogens is 273 g/mol. The van der Waals surface area contributed by atoms with Crippen molar-refractivity contribution in [3.63, 3.8) is 0 Å². The molecule has 2 aromatic rings. The van der Waals surface area contributed by atoms with Gasteiger partial charge in [-0.05, 0) is 48.1 Å². The molecule has 2 atom stereocenters. The van der Waals surface area contributed by atoms with Gasteiger partial charge in [0.15, 0.2) is 0 Å². The second-order valence-electron chi connectivity index (χ2n) is 5.34. The summed E-state index contributed by atoms with van der Waals surface area (Å²) in [6.07, 6.45) is 2.76. The molecule has 0 unspecified atom stereocenters. The molecule has 2 aromatic carbocycles. The lowest BCUT2D eigenvalue weighted by Crippen LogP contribution is -2.34. The predicted molar refractivity (Wildman–Crippen MR) is 82.8 cm³/mol. The average Bonchev–Trinajstić information content (AvgIpc) is 2.43. The Bertz CT molecular complexity index is 570. The van der Waals surface area contributed by atoms with Crippen LogP contribution in [0.25, 0.3) is 0 Å². The third-order valence-electron chi connectivity index (χ3n) is 4.07. The maximum Gasteiger partial charge on any atom is 0.123 e. The van der Waals surface area contributed by atoms with E-state index in [1.807, 2.05) is 12.1 Å². The van der Waals surface area contributed by atoms with Crippen LogP contribution in [-0.2, 0) is 12.8 Å². The third-order valence-corrected chi connectivity index (χ3v) is 4.07. The van der Waals surface area contributed by atoms with Crippen LogP contribution < -0.4 is 5.73 Å². The standard InChI is InChI=1S/C17H18FN.ClH/c18-14-7-8-15-13(11-14)6-9-17(19)16(15)10-12-4-2-1-3-5-12;/h1-5,7-8,11,16-17H,6,9-10,19H2;1H/t16-,17+;/m0./s1. The van der Waals surface area contributed by atoms with E-state index in [1.165, 1.54) is 11.1 Å². The maximum absolute atomic E-state index is 13.3. The van der Waals surface area contributed by atoms with E-state index in [0.717, 1.165) is 24.8 Å². The zero-order valence-corrected chi connectivity index (χ0v) is 12.1. The molecule has 0 amide bonds. The van der Waals surface area contributed by atoms with Gasteiger partial charge in [0.2, 0.25) is 0 Å². The highest BCUT2D eigenvalue weighted by atomic mass is 35.5.